The molecule has 0 bridgehead atoms. The lowest BCUT2D eigenvalue weighted by molar-refractivity contribution is -0.385. The molecule has 1 aromatic rings. The van der Waals surface area contributed by atoms with Crippen LogP contribution < -0.4 is 0 Å². The third kappa shape index (κ3) is 2.23. The highest BCUT2D eigenvalue weighted by Crippen LogP contribution is 2.31. The van der Waals surface area contributed by atoms with Crippen molar-refractivity contribution in [3.63, 3.8) is 0 Å². The number of aromatic nitrogens is 1. The van der Waals surface area contributed by atoms with Crippen molar-refractivity contribution in [3.8, 4) is 0 Å². The molecule has 2 aliphatic heterocycles. The third-order valence-electron chi connectivity index (χ3n) is 3.77. The largest absolute Gasteiger partial charge is 0.381 e. The van der Waals surface area contributed by atoms with Crippen molar-refractivity contribution in [2.75, 3.05) is 26.3 Å². The second-order valence-corrected chi connectivity index (χ2v) is 5.46. The summed E-state index contributed by atoms with van der Waals surface area (Å²) in [5.41, 5.74) is -0.156. The zero-order chi connectivity index (χ0) is 14.3. The van der Waals surface area contributed by atoms with Crippen molar-refractivity contribution in [1.29, 1.82) is 0 Å². The van der Waals surface area contributed by atoms with E-state index in [1.807, 2.05) is 0 Å². The summed E-state index contributed by atoms with van der Waals surface area (Å²) in [6.45, 7) is 2.60. The molecule has 0 saturated carbocycles. The predicted octanol–water partition coefficient (Wildman–Crippen LogP) is 1.36. The first-order valence-corrected chi connectivity index (χ1v) is 6.61. The highest BCUT2D eigenvalue weighted by atomic mass is 35.5. The Morgan fingerprint density at radius 3 is 2.65 bits per heavy atom. The summed E-state index contributed by atoms with van der Waals surface area (Å²) in [6.07, 6.45) is 1.05. The van der Waals surface area contributed by atoms with Gasteiger partial charge in [0.15, 0.2) is 0 Å². The van der Waals surface area contributed by atoms with E-state index in [9.17, 15) is 14.9 Å². The van der Waals surface area contributed by atoms with Crippen LogP contribution in [0.3, 0.4) is 0 Å². The Morgan fingerprint density at radius 2 is 2.10 bits per heavy atom. The minimum atomic E-state index is -0.593. The standard InChI is InChI=1S/C12H12ClN3O4/c13-10-1-9(16(18)19)2-14-11(10)12(17)15-3-7-5-20-6-8(7)4-15/h1-2,7-8H,3-6H2/t7-,8+. The summed E-state index contributed by atoms with van der Waals surface area (Å²) in [5, 5.41) is 10.6. The topological polar surface area (TPSA) is 85.6 Å². The number of fused-ring (bicyclic) bond motifs is 1. The molecule has 106 valence electrons. The maximum atomic E-state index is 12.3. The van der Waals surface area contributed by atoms with Crippen LogP contribution in [-0.4, -0.2) is 47.0 Å². The van der Waals surface area contributed by atoms with Crippen molar-refractivity contribution in [2.24, 2.45) is 11.8 Å². The number of hydrogen-bond donors (Lipinski definition) is 0. The van der Waals surface area contributed by atoms with Crippen LogP contribution in [0.15, 0.2) is 12.3 Å². The van der Waals surface area contributed by atoms with Gasteiger partial charge in [-0.05, 0) is 0 Å². The molecule has 0 radical (unpaired) electrons. The van der Waals surface area contributed by atoms with Crippen LogP contribution in [0.1, 0.15) is 10.5 Å². The first-order chi connectivity index (χ1) is 9.56. The molecule has 3 heterocycles. The van der Waals surface area contributed by atoms with Crippen LogP contribution in [0, 0.1) is 22.0 Å². The van der Waals surface area contributed by atoms with Gasteiger partial charge in [0.05, 0.1) is 23.2 Å². The van der Waals surface area contributed by atoms with E-state index < -0.39 is 4.92 Å². The Balaban J connectivity index is 1.79. The van der Waals surface area contributed by atoms with Crippen LogP contribution in [-0.2, 0) is 4.74 Å². The number of amides is 1. The summed E-state index contributed by atoms with van der Waals surface area (Å²) < 4.78 is 5.36. The monoisotopic (exact) mass is 297 g/mol. The quantitative estimate of drug-likeness (QED) is 0.608. The molecule has 0 spiro atoms. The van der Waals surface area contributed by atoms with Gasteiger partial charge in [0.1, 0.15) is 11.9 Å². The molecule has 0 unspecified atom stereocenters. The molecule has 7 nitrogen and oxygen atoms in total. The van der Waals surface area contributed by atoms with E-state index in [1.54, 1.807) is 4.90 Å². The second-order valence-electron chi connectivity index (χ2n) is 5.05. The fourth-order valence-corrected chi connectivity index (χ4v) is 2.93. The maximum Gasteiger partial charge on any atom is 0.289 e. The Morgan fingerprint density at radius 1 is 1.45 bits per heavy atom. The first-order valence-electron chi connectivity index (χ1n) is 6.23. The van der Waals surface area contributed by atoms with Crippen LogP contribution in [0.4, 0.5) is 5.69 Å². The Hall–Kier alpha value is -1.73. The van der Waals surface area contributed by atoms with Gasteiger partial charge in [0.25, 0.3) is 11.6 Å². The number of rotatable bonds is 2. The molecule has 20 heavy (non-hydrogen) atoms. The number of nitrogens with zero attached hydrogens (tertiary/aromatic N) is 3. The molecule has 0 N–H and O–H groups in total. The van der Waals surface area contributed by atoms with E-state index in [4.69, 9.17) is 16.3 Å². The summed E-state index contributed by atoms with van der Waals surface area (Å²) in [4.78, 5) is 27.9. The molecule has 8 heteroatoms. The smallest absolute Gasteiger partial charge is 0.289 e. The maximum absolute atomic E-state index is 12.3. The SMILES string of the molecule is O=C(c1ncc([N+](=O)[O-])cc1Cl)N1C[C@H]2COC[C@H]2C1. The Labute approximate surface area is 119 Å². The summed E-state index contributed by atoms with van der Waals surface area (Å²) in [7, 11) is 0. The number of likely N-dealkylation sites (tertiary alicyclic amines) is 1. The van der Waals surface area contributed by atoms with Crippen LogP contribution in [0.25, 0.3) is 0 Å². The van der Waals surface area contributed by atoms with Gasteiger partial charge in [-0.1, -0.05) is 11.6 Å². The lowest BCUT2D eigenvalue weighted by Crippen LogP contribution is -2.31. The molecule has 1 aromatic heterocycles. The van der Waals surface area contributed by atoms with Gasteiger partial charge in [0, 0.05) is 31.0 Å². The van der Waals surface area contributed by atoms with Crippen LogP contribution in [0.5, 0.6) is 0 Å². The van der Waals surface area contributed by atoms with E-state index in [1.165, 1.54) is 0 Å². The fraction of sp³-hybridized carbons (Fsp3) is 0.500. The van der Waals surface area contributed by atoms with Gasteiger partial charge in [-0.25, -0.2) is 4.98 Å². The molecule has 2 aliphatic rings. The van der Waals surface area contributed by atoms with Crippen molar-refractivity contribution >= 4 is 23.2 Å². The van der Waals surface area contributed by atoms with E-state index >= 15 is 0 Å². The number of carbonyl (C=O) groups is 1. The van der Waals surface area contributed by atoms with Crippen LogP contribution >= 0.6 is 11.6 Å². The lowest BCUT2D eigenvalue weighted by Gasteiger charge is -2.17. The summed E-state index contributed by atoms with van der Waals surface area (Å²) in [6, 6.07) is 1.15. The van der Waals surface area contributed by atoms with Crippen molar-refractivity contribution in [1.82, 2.24) is 9.88 Å². The van der Waals surface area contributed by atoms with Crippen molar-refractivity contribution < 1.29 is 14.5 Å². The van der Waals surface area contributed by atoms with Gasteiger partial charge in [0.2, 0.25) is 0 Å². The average Bonchev–Trinajstić information content (AvgIpc) is 2.98. The van der Waals surface area contributed by atoms with Crippen molar-refractivity contribution in [2.45, 2.75) is 0 Å². The highest BCUT2D eigenvalue weighted by Gasteiger charge is 2.40. The van der Waals surface area contributed by atoms with Crippen LogP contribution in [0.2, 0.25) is 5.02 Å². The molecular weight excluding hydrogens is 286 g/mol. The van der Waals surface area contributed by atoms with E-state index in [0.717, 1.165) is 12.3 Å². The van der Waals surface area contributed by atoms with E-state index in [-0.39, 0.29) is 22.3 Å². The molecule has 3 rings (SSSR count). The zero-order valence-electron chi connectivity index (χ0n) is 10.5. The molecule has 2 fully saturated rings. The Bertz CT molecular complexity index is 568. The minimum absolute atomic E-state index is 0.0116. The summed E-state index contributed by atoms with van der Waals surface area (Å²) >= 11 is 5.93. The van der Waals surface area contributed by atoms with E-state index in [0.29, 0.717) is 38.1 Å². The van der Waals surface area contributed by atoms with Crippen molar-refractivity contribution in [3.05, 3.63) is 33.1 Å². The van der Waals surface area contributed by atoms with Gasteiger partial charge < -0.3 is 9.64 Å². The molecular formula is C12H12ClN3O4. The second kappa shape index (κ2) is 4.99. The number of ether oxygens (including phenoxy) is 1. The number of pyridine rings is 1. The average molecular weight is 298 g/mol. The lowest BCUT2D eigenvalue weighted by atomic mass is 10.0. The molecule has 2 saturated heterocycles. The number of nitro groups is 1. The first kappa shape index (κ1) is 13.3. The Kier molecular flexibility index (Phi) is 3.31. The predicted molar refractivity (Wildman–Crippen MR) is 69.6 cm³/mol. The van der Waals surface area contributed by atoms with Gasteiger partial charge in [-0.2, -0.15) is 0 Å². The number of hydrogen-bond acceptors (Lipinski definition) is 5. The zero-order valence-corrected chi connectivity index (χ0v) is 11.2. The molecule has 0 aromatic carbocycles. The van der Waals surface area contributed by atoms with Gasteiger partial charge >= 0.3 is 0 Å². The van der Waals surface area contributed by atoms with E-state index in [2.05, 4.69) is 4.98 Å². The fourth-order valence-electron chi connectivity index (χ4n) is 2.69. The minimum Gasteiger partial charge on any atom is -0.381 e. The molecule has 1 amide bonds. The highest BCUT2D eigenvalue weighted by molar-refractivity contribution is 6.33. The van der Waals surface area contributed by atoms with Gasteiger partial charge in [-0.3, -0.25) is 14.9 Å². The normalized spacial score (nSPS) is 24.8. The number of carbonyl (C=O) groups excluding carboxylic acids is 1. The number of halogens is 1. The molecule has 0 aliphatic carbocycles. The molecule has 2 atom stereocenters. The van der Waals surface area contributed by atoms with Gasteiger partial charge in [-0.15, -0.1) is 0 Å². The summed E-state index contributed by atoms with van der Waals surface area (Å²) in [5.74, 6) is 0.464. The third-order valence-corrected chi connectivity index (χ3v) is 4.06.